The van der Waals surface area contributed by atoms with Crippen LogP contribution < -0.4 is 11.3 Å². The molecule has 0 unspecified atom stereocenters. The first-order valence-electron chi connectivity index (χ1n) is 3.41. The van der Waals surface area contributed by atoms with Gasteiger partial charge in [0.05, 0.1) is 0 Å². The second kappa shape index (κ2) is 3.48. The van der Waals surface area contributed by atoms with E-state index in [9.17, 15) is 13.6 Å². The highest BCUT2D eigenvalue weighted by Gasteiger charge is 2.15. The van der Waals surface area contributed by atoms with E-state index in [0.717, 1.165) is 0 Å². The van der Waals surface area contributed by atoms with Gasteiger partial charge in [-0.05, 0) is 13.0 Å². The molecule has 0 aliphatic rings. The molecule has 1 aromatic heterocycles. The maximum Gasteiger partial charge on any atom is 0.333 e. The Balaban J connectivity index is 3.02. The number of hydrazine groups is 1. The van der Waals surface area contributed by atoms with E-state index >= 15 is 0 Å². The number of nitrogen functional groups attached to an aromatic ring is 1. The lowest BCUT2D eigenvalue weighted by atomic mass is 10.3. The Morgan fingerprint density at radius 2 is 2.38 bits per heavy atom. The summed E-state index contributed by atoms with van der Waals surface area (Å²) < 4.78 is 24.7. The Bertz CT molecular complexity index is 322. The number of hydrogen-bond acceptors (Lipinski definition) is 3. The summed E-state index contributed by atoms with van der Waals surface area (Å²) in [5, 5.41) is 3.35. The van der Waals surface area contributed by atoms with Gasteiger partial charge in [0.15, 0.2) is 5.69 Å². The number of nitrogens with one attached hydrogen (secondary N) is 1. The van der Waals surface area contributed by atoms with Crippen molar-refractivity contribution >= 4 is 5.91 Å². The summed E-state index contributed by atoms with van der Waals surface area (Å²) in [6.07, 6.45) is 0. The number of rotatable bonds is 2. The molecule has 0 saturated heterocycles. The van der Waals surface area contributed by atoms with Crippen molar-refractivity contribution in [3.63, 3.8) is 0 Å². The van der Waals surface area contributed by atoms with Crippen molar-refractivity contribution in [2.45, 2.75) is 13.5 Å². The summed E-state index contributed by atoms with van der Waals surface area (Å²) in [7, 11) is 0. The van der Waals surface area contributed by atoms with Crippen LogP contribution in [0.1, 0.15) is 22.7 Å². The molecular weight excluding hydrogens is 182 g/mol. The summed E-state index contributed by atoms with van der Waals surface area (Å²) in [4.78, 5) is 10.8. The quantitative estimate of drug-likeness (QED) is 0.397. The maximum absolute atomic E-state index is 12.1. The molecule has 3 N–H and O–H groups in total. The monoisotopic (exact) mass is 190 g/mol. The van der Waals surface area contributed by atoms with E-state index in [4.69, 9.17) is 5.84 Å². The first-order valence-corrected chi connectivity index (χ1v) is 3.41. The van der Waals surface area contributed by atoms with Gasteiger partial charge in [-0.3, -0.25) is 10.2 Å². The van der Waals surface area contributed by atoms with E-state index in [2.05, 4.69) is 5.10 Å². The van der Waals surface area contributed by atoms with Crippen LogP contribution in [0.5, 0.6) is 0 Å². The summed E-state index contributed by atoms with van der Waals surface area (Å²) in [5.41, 5.74) is 1.88. The van der Waals surface area contributed by atoms with Gasteiger partial charge < -0.3 is 0 Å². The zero-order valence-corrected chi connectivity index (χ0v) is 6.79. The second-order valence-corrected chi connectivity index (χ2v) is 2.37. The molecule has 0 aromatic carbocycles. The Hall–Kier alpha value is -1.50. The van der Waals surface area contributed by atoms with Crippen molar-refractivity contribution in [1.82, 2.24) is 15.2 Å². The number of aryl methyl sites for hydroxylation is 1. The van der Waals surface area contributed by atoms with Crippen molar-refractivity contribution in [2.75, 3.05) is 0 Å². The average molecular weight is 190 g/mol. The number of nitrogens with two attached hydrogens (primary N) is 1. The van der Waals surface area contributed by atoms with Gasteiger partial charge >= 0.3 is 6.55 Å². The lowest BCUT2D eigenvalue weighted by Crippen LogP contribution is -2.30. The first-order chi connectivity index (χ1) is 6.06. The van der Waals surface area contributed by atoms with Crippen LogP contribution in [-0.2, 0) is 0 Å². The highest BCUT2D eigenvalue weighted by molar-refractivity contribution is 5.91. The molecule has 7 heteroatoms. The fourth-order valence-corrected chi connectivity index (χ4v) is 0.870. The molecule has 0 atom stereocenters. The molecule has 0 aliphatic heterocycles. The second-order valence-electron chi connectivity index (χ2n) is 2.37. The van der Waals surface area contributed by atoms with Crippen molar-refractivity contribution in [3.05, 3.63) is 17.5 Å². The fourth-order valence-electron chi connectivity index (χ4n) is 0.870. The molecule has 0 spiro atoms. The number of alkyl halides is 2. The van der Waals surface area contributed by atoms with Gasteiger partial charge in [-0.1, -0.05) is 0 Å². The number of carbonyl (C=O) groups excluding carboxylic acids is 1. The molecule has 0 radical (unpaired) electrons. The van der Waals surface area contributed by atoms with E-state index in [-0.39, 0.29) is 11.4 Å². The van der Waals surface area contributed by atoms with Crippen molar-refractivity contribution in [1.29, 1.82) is 0 Å². The largest absolute Gasteiger partial charge is 0.333 e. The molecule has 13 heavy (non-hydrogen) atoms. The molecule has 0 saturated carbocycles. The van der Waals surface area contributed by atoms with Gasteiger partial charge in [0, 0.05) is 5.69 Å². The molecule has 5 nitrogen and oxygen atoms in total. The van der Waals surface area contributed by atoms with Gasteiger partial charge in [0.1, 0.15) is 0 Å². The first kappa shape index (κ1) is 9.59. The van der Waals surface area contributed by atoms with E-state index in [1.165, 1.54) is 13.0 Å². The molecule has 0 aliphatic carbocycles. The smallest absolute Gasteiger partial charge is 0.289 e. The maximum atomic E-state index is 12.1. The molecule has 0 fully saturated rings. The molecule has 1 heterocycles. The lowest BCUT2D eigenvalue weighted by molar-refractivity contribution is 0.0538. The minimum atomic E-state index is -2.75. The Kier molecular flexibility index (Phi) is 2.57. The van der Waals surface area contributed by atoms with Crippen LogP contribution in [-0.4, -0.2) is 15.7 Å². The highest BCUT2D eigenvalue weighted by atomic mass is 19.3. The summed E-state index contributed by atoms with van der Waals surface area (Å²) in [5.74, 6) is 4.11. The third kappa shape index (κ3) is 1.81. The molecule has 1 rings (SSSR count). The third-order valence-corrected chi connectivity index (χ3v) is 1.47. The van der Waals surface area contributed by atoms with Crippen molar-refractivity contribution in [2.24, 2.45) is 5.84 Å². The minimum Gasteiger partial charge on any atom is -0.289 e. The number of nitrogens with zero attached hydrogens (tertiary/aromatic N) is 2. The number of hydrogen-bond donors (Lipinski definition) is 2. The van der Waals surface area contributed by atoms with E-state index in [0.29, 0.717) is 4.68 Å². The van der Waals surface area contributed by atoms with E-state index in [1.807, 2.05) is 0 Å². The van der Waals surface area contributed by atoms with Crippen LogP contribution in [0.25, 0.3) is 0 Å². The summed E-state index contributed by atoms with van der Waals surface area (Å²) in [6.45, 7) is -1.33. The van der Waals surface area contributed by atoms with Crippen LogP contribution in [0.2, 0.25) is 0 Å². The summed E-state index contributed by atoms with van der Waals surface area (Å²) in [6, 6.07) is 1.23. The molecule has 1 aromatic rings. The molecule has 0 bridgehead atoms. The zero-order chi connectivity index (χ0) is 10.0. The lowest BCUT2D eigenvalue weighted by Gasteiger charge is -1.99. The van der Waals surface area contributed by atoms with Crippen LogP contribution in [0, 0.1) is 6.92 Å². The Labute approximate surface area is 72.5 Å². The highest BCUT2D eigenvalue weighted by Crippen LogP contribution is 2.13. The van der Waals surface area contributed by atoms with Crippen LogP contribution in [0.4, 0.5) is 8.78 Å². The third-order valence-electron chi connectivity index (χ3n) is 1.47. The van der Waals surface area contributed by atoms with E-state index < -0.39 is 12.5 Å². The fraction of sp³-hybridized carbons (Fsp3) is 0.333. The van der Waals surface area contributed by atoms with Gasteiger partial charge in [0.25, 0.3) is 5.91 Å². The van der Waals surface area contributed by atoms with E-state index in [1.54, 1.807) is 5.43 Å². The minimum absolute atomic E-state index is 0.125. The standard InChI is InChI=1S/C6H8F2N4O/c1-3-2-4(5(13)10-9)11-12(3)6(7)8/h2,6H,9H2,1H3,(H,10,13). The molecule has 72 valence electrons. The number of amides is 1. The van der Waals surface area contributed by atoms with Crippen molar-refractivity contribution < 1.29 is 13.6 Å². The number of aromatic nitrogens is 2. The van der Waals surface area contributed by atoms with Gasteiger partial charge in [-0.15, -0.1) is 0 Å². The van der Waals surface area contributed by atoms with Crippen LogP contribution >= 0.6 is 0 Å². The predicted molar refractivity (Wildman–Crippen MR) is 39.9 cm³/mol. The van der Waals surface area contributed by atoms with Gasteiger partial charge in [0.2, 0.25) is 0 Å². The number of carbonyl (C=O) groups is 1. The van der Waals surface area contributed by atoms with Crippen LogP contribution in [0.15, 0.2) is 6.07 Å². The normalized spacial score (nSPS) is 10.5. The summed E-state index contributed by atoms with van der Waals surface area (Å²) >= 11 is 0. The topological polar surface area (TPSA) is 72.9 Å². The SMILES string of the molecule is Cc1cc(C(=O)NN)nn1C(F)F. The van der Waals surface area contributed by atoms with Gasteiger partial charge in [-0.25, -0.2) is 10.5 Å². The number of halogens is 2. The average Bonchev–Trinajstić information content (AvgIpc) is 2.46. The molecular formula is C6H8F2N4O. The Morgan fingerprint density at radius 1 is 1.77 bits per heavy atom. The van der Waals surface area contributed by atoms with Gasteiger partial charge in [-0.2, -0.15) is 13.9 Å². The molecule has 1 amide bonds. The predicted octanol–water partition coefficient (Wildman–Crippen LogP) is 0.190. The van der Waals surface area contributed by atoms with Crippen LogP contribution in [0.3, 0.4) is 0 Å². The Morgan fingerprint density at radius 3 is 2.77 bits per heavy atom. The zero-order valence-electron chi connectivity index (χ0n) is 6.79. The van der Waals surface area contributed by atoms with Crippen molar-refractivity contribution in [3.8, 4) is 0 Å².